The third kappa shape index (κ3) is 3.48. The third-order valence-corrected chi connectivity index (χ3v) is 5.70. The van der Waals surface area contributed by atoms with Gasteiger partial charge in [-0.05, 0) is 55.3 Å². The van der Waals surface area contributed by atoms with Crippen molar-refractivity contribution >= 4 is 17.2 Å². The summed E-state index contributed by atoms with van der Waals surface area (Å²) < 4.78 is 5.83. The van der Waals surface area contributed by atoms with Crippen molar-refractivity contribution in [1.82, 2.24) is 4.90 Å². The lowest BCUT2D eigenvalue weighted by Crippen LogP contribution is -2.39. The van der Waals surface area contributed by atoms with Crippen LogP contribution >= 0.6 is 11.3 Å². The van der Waals surface area contributed by atoms with E-state index in [1.807, 2.05) is 35.3 Å². The van der Waals surface area contributed by atoms with Crippen LogP contribution in [0.15, 0.2) is 29.6 Å². The highest BCUT2D eigenvalue weighted by molar-refractivity contribution is 7.10. The predicted octanol–water partition coefficient (Wildman–Crippen LogP) is 4.67. The molecule has 1 aliphatic heterocycles. The summed E-state index contributed by atoms with van der Waals surface area (Å²) in [6.45, 7) is 7.53. The fourth-order valence-corrected chi connectivity index (χ4v) is 4.42. The molecule has 0 saturated carbocycles. The molecule has 0 radical (unpaired) electrons. The van der Waals surface area contributed by atoms with E-state index < -0.39 is 0 Å². The molecular weight excluding hydrogens is 318 g/mol. The Balaban J connectivity index is 1.59. The summed E-state index contributed by atoms with van der Waals surface area (Å²) in [5.41, 5.74) is 3.69. The SMILES string of the molecule is CCC1c2ccsc2CCN1C(=O)CCOc1ccc(C)cc1C. The molecule has 1 amide bonds. The van der Waals surface area contributed by atoms with Gasteiger partial charge in [-0.15, -0.1) is 11.3 Å². The summed E-state index contributed by atoms with van der Waals surface area (Å²) in [7, 11) is 0. The minimum atomic E-state index is 0.198. The number of amides is 1. The normalized spacial score (nSPS) is 16.8. The van der Waals surface area contributed by atoms with Gasteiger partial charge in [0.1, 0.15) is 5.75 Å². The van der Waals surface area contributed by atoms with Gasteiger partial charge in [-0.3, -0.25) is 4.79 Å². The fraction of sp³-hybridized carbons (Fsp3) is 0.450. The second kappa shape index (κ2) is 7.39. The number of nitrogens with zero attached hydrogens (tertiary/aromatic N) is 1. The molecule has 128 valence electrons. The Kier molecular flexibility index (Phi) is 5.24. The van der Waals surface area contributed by atoms with Gasteiger partial charge in [0, 0.05) is 11.4 Å². The summed E-state index contributed by atoms with van der Waals surface area (Å²) in [5.74, 6) is 1.07. The highest BCUT2D eigenvalue weighted by atomic mass is 32.1. The van der Waals surface area contributed by atoms with E-state index >= 15 is 0 Å². The van der Waals surface area contributed by atoms with E-state index in [1.165, 1.54) is 16.0 Å². The third-order valence-electron chi connectivity index (χ3n) is 4.71. The smallest absolute Gasteiger partial charge is 0.226 e. The predicted molar refractivity (Wildman–Crippen MR) is 98.8 cm³/mol. The van der Waals surface area contributed by atoms with Gasteiger partial charge in [-0.1, -0.05) is 24.6 Å². The lowest BCUT2D eigenvalue weighted by atomic mass is 9.97. The minimum absolute atomic E-state index is 0.198. The Labute approximate surface area is 148 Å². The lowest BCUT2D eigenvalue weighted by molar-refractivity contribution is -0.134. The number of carbonyl (C=O) groups excluding carboxylic acids is 1. The molecule has 0 fully saturated rings. The molecule has 1 atom stereocenters. The van der Waals surface area contributed by atoms with Crippen LogP contribution in [0.5, 0.6) is 5.75 Å². The molecule has 0 saturated heterocycles. The minimum Gasteiger partial charge on any atom is -0.493 e. The zero-order valence-corrected chi connectivity index (χ0v) is 15.5. The number of hydrogen-bond donors (Lipinski definition) is 0. The molecule has 0 N–H and O–H groups in total. The molecular formula is C20H25NO2S. The van der Waals surface area contributed by atoms with Gasteiger partial charge in [0.05, 0.1) is 19.1 Å². The van der Waals surface area contributed by atoms with Crippen LogP contribution in [0.1, 0.15) is 47.4 Å². The Hall–Kier alpha value is -1.81. The molecule has 3 rings (SSSR count). The Morgan fingerprint density at radius 2 is 2.17 bits per heavy atom. The molecule has 4 heteroatoms. The van der Waals surface area contributed by atoms with Crippen molar-refractivity contribution in [3.05, 3.63) is 51.2 Å². The van der Waals surface area contributed by atoms with E-state index in [4.69, 9.17) is 4.74 Å². The monoisotopic (exact) mass is 343 g/mol. The molecule has 3 nitrogen and oxygen atoms in total. The molecule has 1 aliphatic rings. The van der Waals surface area contributed by atoms with Gasteiger partial charge >= 0.3 is 0 Å². The summed E-state index contributed by atoms with van der Waals surface area (Å²) in [6.07, 6.45) is 2.38. The largest absolute Gasteiger partial charge is 0.493 e. The van der Waals surface area contributed by atoms with Gasteiger partial charge in [0.2, 0.25) is 5.91 Å². The zero-order valence-electron chi connectivity index (χ0n) is 14.7. The van der Waals surface area contributed by atoms with Gasteiger partial charge in [0.15, 0.2) is 0 Å². The van der Waals surface area contributed by atoms with Crippen molar-refractivity contribution < 1.29 is 9.53 Å². The van der Waals surface area contributed by atoms with E-state index in [1.54, 1.807) is 0 Å². The molecule has 2 aromatic rings. The number of carbonyl (C=O) groups is 1. The number of aryl methyl sites for hydroxylation is 2. The molecule has 1 aromatic heterocycles. The highest BCUT2D eigenvalue weighted by Crippen LogP contribution is 2.35. The van der Waals surface area contributed by atoms with Crippen LogP contribution in [0.2, 0.25) is 0 Å². The average Bonchev–Trinajstić information content (AvgIpc) is 3.04. The van der Waals surface area contributed by atoms with Crippen molar-refractivity contribution in [2.75, 3.05) is 13.2 Å². The average molecular weight is 343 g/mol. The van der Waals surface area contributed by atoms with Crippen molar-refractivity contribution in [3.8, 4) is 5.75 Å². The number of benzene rings is 1. The van der Waals surface area contributed by atoms with Crippen molar-refractivity contribution in [1.29, 1.82) is 0 Å². The van der Waals surface area contributed by atoms with Crippen LogP contribution in [0.25, 0.3) is 0 Å². The maximum atomic E-state index is 12.7. The second-order valence-electron chi connectivity index (χ2n) is 6.43. The molecule has 0 spiro atoms. The van der Waals surface area contributed by atoms with E-state index in [0.717, 1.165) is 30.7 Å². The lowest BCUT2D eigenvalue weighted by Gasteiger charge is -2.35. The number of ether oxygens (including phenoxy) is 1. The van der Waals surface area contributed by atoms with Crippen LogP contribution in [-0.4, -0.2) is 24.0 Å². The first-order chi connectivity index (χ1) is 11.6. The number of hydrogen-bond acceptors (Lipinski definition) is 3. The maximum absolute atomic E-state index is 12.7. The highest BCUT2D eigenvalue weighted by Gasteiger charge is 2.29. The summed E-state index contributed by atoms with van der Waals surface area (Å²) >= 11 is 1.81. The number of rotatable bonds is 5. The molecule has 1 unspecified atom stereocenters. The van der Waals surface area contributed by atoms with Crippen LogP contribution in [-0.2, 0) is 11.2 Å². The first-order valence-corrected chi connectivity index (χ1v) is 9.54. The zero-order chi connectivity index (χ0) is 17.1. The summed E-state index contributed by atoms with van der Waals surface area (Å²) in [4.78, 5) is 16.2. The second-order valence-corrected chi connectivity index (χ2v) is 7.43. The fourth-order valence-electron chi connectivity index (χ4n) is 3.49. The van der Waals surface area contributed by atoms with Crippen molar-refractivity contribution in [2.45, 2.75) is 46.1 Å². The van der Waals surface area contributed by atoms with Crippen molar-refractivity contribution in [2.24, 2.45) is 0 Å². The first kappa shape index (κ1) is 17.0. The molecule has 0 aliphatic carbocycles. The van der Waals surface area contributed by atoms with Gasteiger partial charge < -0.3 is 9.64 Å². The molecule has 0 bridgehead atoms. The molecule has 2 heterocycles. The van der Waals surface area contributed by atoms with Gasteiger partial charge in [0.25, 0.3) is 0 Å². The van der Waals surface area contributed by atoms with E-state index in [2.05, 4.69) is 31.4 Å². The van der Waals surface area contributed by atoms with Gasteiger partial charge in [-0.25, -0.2) is 0 Å². The quantitative estimate of drug-likeness (QED) is 0.789. The van der Waals surface area contributed by atoms with Crippen LogP contribution < -0.4 is 4.74 Å². The Morgan fingerprint density at radius 3 is 2.92 bits per heavy atom. The summed E-state index contributed by atoms with van der Waals surface area (Å²) in [5, 5.41) is 2.14. The standard InChI is InChI=1S/C20H25NO2S/c1-4-17-16-9-12-24-19(16)7-10-21(17)20(22)8-11-23-18-6-5-14(2)13-15(18)3/h5-6,9,12-13,17H,4,7-8,10-11H2,1-3H3. The van der Waals surface area contributed by atoms with E-state index in [-0.39, 0.29) is 11.9 Å². The first-order valence-electron chi connectivity index (χ1n) is 8.66. The van der Waals surface area contributed by atoms with Crippen molar-refractivity contribution in [3.63, 3.8) is 0 Å². The van der Waals surface area contributed by atoms with Crippen LogP contribution in [0, 0.1) is 13.8 Å². The molecule has 24 heavy (non-hydrogen) atoms. The Morgan fingerprint density at radius 1 is 1.33 bits per heavy atom. The topological polar surface area (TPSA) is 29.5 Å². The van der Waals surface area contributed by atoms with E-state index in [0.29, 0.717) is 13.0 Å². The number of fused-ring (bicyclic) bond motifs is 1. The number of thiophene rings is 1. The van der Waals surface area contributed by atoms with Crippen LogP contribution in [0.3, 0.4) is 0 Å². The maximum Gasteiger partial charge on any atom is 0.226 e. The Bertz CT molecular complexity index is 722. The van der Waals surface area contributed by atoms with Gasteiger partial charge in [-0.2, -0.15) is 0 Å². The molecule has 1 aromatic carbocycles. The van der Waals surface area contributed by atoms with E-state index in [9.17, 15) is 4.79 Å². The summed E-state index contributed by atoms with van der Waals surface area (Å²) in [6, 6.07) is 8.54. The van der Waals surface area contributed by atoms with Crippen LogP contribution in [0.4, 0.5) is 0 Å².